The fourth-order valence-electron chi connectivity index (χ4n) is 3.02. The highest BCUT2D eigenvalue weighted by Crippen LogP contribution is 2.22. The quantitative estimate of drug-likeness (QED) is 0.739. The van der Waals surface area contributed by atoms with Crippen LogP contribution in [0, 0.1) is 6.92 Å². The molecule has 0 saturated carbocycles. The summed E-state index contributed by atoms with van der Waals surface area (Å²) in [6, 6.07) is 16.4. The molecule has 1 amide bonds. The van der Waals surface area contributed by atoms with E-state index in [2.05, 4.69) is 67.9 Å². The van der Waals surface area contributed by atoms with Gasteiger partial charge >= 0.3 is 0 Å². The molecular weight excluding hydrogens is 308 g/mol. The van der Waals surface area contributed by atoms with Gasteiger partial charge < -0.3 is 9.88 Å². The number of hydrogen-bond acceptors (Lipinski definition) is 1. The lowest BCUT2D eigenvalue weighted by atomic mass is 9.87. The van der Waals surface area contributed by atoms with Crippen LogP contribution in [0.4, 0.5) is 0 Å². The molecule has 0 radical (unpaired) electrons. The van der Waals surface area contributed by atoms with Crippen molar-refractivity contribution in [1.82, 2.24) is 9.88 Å². The van der Waals surface area contributed by atoms with Crippen molar-refractivity contribution >= 4 is 16.8 Å². The molecule has 0 aliphatic carbocycles. The third-order valence-corrected chi connectivity index (χ3v) is 4.82. The molecular formula is C22H26N2O. The highest BCUT2D eigenvalue weighted by atomic mass is 16.1. The molecule has 0 saturated heterocycles. The fraction of sp³-hybridized carbons (Fsp3) is 0.318. The number of carbonyl (C=O) groups excluding carboxylic acids is 1. The molecule has 0 fully saturated rings. The van der Waals surface area contributed by atoms with Gasteiger partial charge in [0, 0.05) is 30.4 Å². The van der Waals surface area contributed by atoms with Gasteiger partial charge in [-0.1, -0.05) is 51.1 Å². The van der Waals surface area contributed by atoms with Crippen molar-refractivity contribution < 1.29 is 4.79 Å². The van der Waals surface area contributed by atoms with Gasteiger partial charge in [-0.3, -0.25) is 4.79 Å². The van der Waals surface area contributed by atoms with E-state index < -0.39 is 0 Å². The molecule has 0 unspecified atom stereocenters. The summed E-state index contributed by atoms with van der Waals surface area (Å²) >= 11 is 0. The molecule has 3 rings (SSSR count). The van der Waals surface area contributed by atoms with Crippen molar-refractivity contribution in [3.63, 3.8) is 0 Å². The molecule has 0 spiro atoms. The third kappa shape index (κ3) is 3.60. The maximum Gasteiger partial charge on any atom is 0.251 e. The van der Waals surface area contributed by atoms with E-state index in [0.717, 1.165) is 16.5 Å². The molecule has 3 nitrogen and oxygen atoms in total. The van der Waals surface area contributed by atoms with Gasteiger partial charge in [0.2, 0.25) is 0 Å². The van der Waals surface area contributed by atoms with Crippen LogP contribution in [0.5, 0.6) is 0 Å². The van der Waals surface area contributed by atoms with E-state index in [-0.39, 0.29) is 11.3 Å². The minimum Gasteiger partial charge on any atom is -0.348 e. The first-order valence-corrected chi connectivity index (χ1v) is 8.69. The van der Waals surface area contributed by atoms with E-state index in [1.807, 2.05) is 25.2 Å². The Morgan fingerprint density at radius 2 is 1.72 bits per heavy atom. The number of rotatable bonds is 3. The zero-order valence-electron chi connectivity index (χ0n) is 15.7. The van der Waals surface area contributed by atoms with Crippen LogP contribution in [0.25, 0.3) is 10.9 Å². The Kier molecular flexibility index (Phi) is 4.42. The van der Waals surface area contributed by atoms with Crippen molar-refractivity contribution in [3.05, 3.63) is 70.9 Å². The largest absolute Gasteiger partial charge is 0.348 e. The highest BCUT2D eigenvalue weighted by molar-refractivity contribution is 5.98. The first-order chi connectivity index (χ1) is 11.8. The predicted molar refractivity (Wildman–Crippen MR) is 104 cm³/mol. The van der Waals surface area contributed by atoms with Crippen LogP contribution < -0.4 is 5.32 Å². The maximum atomic E-state index is 12.5. The Hall–Kier alpha value is -2.55. The van der Waals surface area contributed by atoms with Crippen LogP contribution in [0.15, 0.2) is 48.5 Å². The Morgan fingerprint density at radius 3 is 2.36 bits per heavy atom. The smallest absolute Gasteiger partial charge is 0.251 e. The summed E-state index contributed by atoms with van der Waals surface area (Å²) in [4.78, 5) is 12.5. The van der Waals surface area contributed by atoms with Crippen LogP contribution in [0.2, 0.25) is 0 Å². The Bertz CT molecular complexity index is 912. The Balaban J connectivity index is 1.71. The molecule has 0 bridgehead atoms. The van der Waals surface area contributed by atoms with Crippen molar-refractivity contribution in [2.75, 3.05) is 0 Å². The van der Waals surface area contributed by atoms with Gasteiger partial charge in [0.1, 0.15) is 0 Å². The van der Waals surface area contributed by atoms with Crippen molar-refractivity contribution in [2.45, 2.75) is 39.7 Å². The fourth-order valence-corrected chi connectivity index (χ4v) is 3.02. The molecule has 1 aromatic heterocycles. The normalized spacial score (nSPS) is 11.7. The van der Waals surface area contributed by atoms with E-state index in [1.54, 1.807) is 0 Å². The van der Waals surface area contributed by atoms with Crippen molar-refractivity contribution in [3.8, 4) is 0 Å². The van der Waals surface area contributed by atoms with Crippen LogP contribution in [0.1, 0.15) is 48.0 Å². The molecule has 1 N–H and O–H groups in total. The standard InChI is InChI=1S/C22H26N2O/c1-15-12-17-8-9-18(13-20(17)24(15)5)21(25)23-14-16-6-10-19(11-7-16)22(2,3)4/h6-13H,14H2,1-5H3,(H,23,25). The van der Waals surface area contributed by atoms with Gasteiger partial charge in [-0.25, -0.2) is 0 Å². The van der Waals surface area contributed by atoms with Gasteiger partial charge in [0.25, 0.3) is 5.91 Å². The monoisotopic (exact) mass is 334 g/mol. The average molecular weight is 334 g/mol. The second kappa shape index (κ2) is 6.40. The molecule has 3 heteroatoms. The van der Waals surface area contributed by atoms with Gasteiger partial charge in [0.05, 0.1) is 0 Å². The zero-order chi connectivity index (χ0) is 18.2. The molecule has 0 aliphatic heterocycles. The van der Waals surface area contributed by atoms with Gasteiger partial charge in [0.15, 0.2) is 0 Å². The predicted octanol–water partition coefficient (Wildman–Crippen LogP) is 4.71. The molecule has 1 heterocycles. The van der Waals surface area contributed by atoms with Crippen molar-refractivity contribution in [2.24, 2.45) is 7.05 Å². The number of aromatic nitrogens is 1. The number of aryl methyl sites for hydroxylation is 2. The van der Waals surface area contributed by atoms with E-state index in [1.165, 1.54) is 11.3 Å². The molecule has 0 atom stereocenters. The number of benzene rings is 2. The first kappa shape index (κ1) is 17.3. The van der Waals surface area contributed by atoms with E-state index in [9.17, 15) is 4.79 Å². The lowest BCUT2D eigenvalue weighted by Gasteiger charge is -2.19. The highest BCUT2D eigenvalue weighted by Gasteiger charge is 2.13. The van der Waals surface area contributed by atoms with E-state index in [4.69, 9.17) is 0 Å². The van der Waals surface area contributed by atoms with Gasteiger partial charge in [-0.2, -0.15) is 0 Å². The maximum absolute atomic E-state index is 12.5. The molecule has 3 aromatic rings. The lowest BCUT2D eigenvalue weighted by Crippen LogP contribution is -2.22. The zero-order valence-corrected chi connectivity index (χ0v) is 15.7. The third-order valence-electron chi connectivity index (χ3n) is 4.82. The number of carbonyl (C=O) groups is 1. The van der Waals surface area contributed by atoms with E-state index >= 15 is 0 Å². The van der Waals surface area contributed by atoms with Gasteiger partial charge in [-0.05, 0) is 47.1 Å². The summed E-state index contributed by atoms with van der Waals surface area (Å²) in [6.07, 6.45) is 0. The Labute approximate surface area is 149 Å². The second-order valence-corrected chi connectivity index (χ2v) is 7.75. The average Bonchev–Trinajstić information content (AvgIpc) is 2.86. The SMILES string of the molecule is Cc1cc2ccc(C(=O)NCc3ccc(C(C)(C)C)cc3)cc2n1C. The first-order valence-electron chi connectivity index (χ1n) is 8.69. The molecule has 2 aromatic carbocycles. The molecule has 130 valence electrons. The number of nitrogens with zero attached hydrogens (tertiary/aromatic N) is 1. The number of hydrogen-bond donors (Lipinski definition) is 1. The second-order valence-electron chi connectivity index (χ2n) is 7.75. The lowest BCUT2D eigenvalue weighted by molar-refractivity contribution is 0.0951. The minimum absolute atomic E-state index is 0.0411. The summed E-state index contributed by atoms with van der Waals surface area (Å²) in [5.41, 5.74) is 5.51. The topological polar surface area (TPSA) is 34.0 Å². The van der Waals surface area contributed by atoms with Crippen LogP contribution in [-0.4, -0.2) is 10.5 Å². The van der Waals surface area contributed by atoms with Crippen LogP contribution in [-0.2, 0) is 19.0 Å². The van der Waals surface area contributed by atoms with E-state index in [0.29, 0.717) is 12.1 Å². The number of amides is 1. The van der Waals surface area contributed by atoms with Gasteiger partial charge in [-0.15, -0.1) is 0 Å². The summed E-state index contributed by atoms with van der Waals surface area (Å²) in [5, 5.41) is 4.18. The summed E-state index contributed by atoms with van der Waals surface area (Å²) in [7, 11) is 2.02. The summed E-state index contributed by atoms with van der Waals surface area (Å²) < 4.78 is 2.11. The number of nitrogens with one attached hydrogen (secondary N) is 1. The summed E-state index contributed by atoms with van der Waals surface area (Å²) in [5.74, 6) is -0.0411. The molecule has 25 heavy (non-hydrogen) atoms. The number of fused-ring (bicyclic) bond motifs is 1. The van der Waals surface area contributed by atoms with Crippen LogP contribution in [0.3, 0.4) is 0 Å². The minimum atomic E-state index is -0.0411. The summed E-state index contributed by atoms with van der Waals surface area (Å²) in [6.45, 7) is 9.20. The molecule has 0 aliphatic rings. The van der Waals surface area contributed by atoms with Crippen LogP contribution >= 0.6 is 0 Å². The van der Waals surface area contributed by atoms with Crippen molar-refractivity contribution in [1.29, 1.82) is 0 Å². The Morgan fingerprint density at radius 1 is 1.04 bits per heavy atom.